The van der Waals surface area contributed by atoms with Crippen LogP contribution in [0.5, 0.6) is 0 Å². The number of hydrogen-bond donors (Lipinski definition) is 0. The molecule has 0 bridgehead atoms. The van der Waals surface area contributed by atoms with Crippen LogP contribution in [0.15, 0.2) is 29.3 Å². The summed E-state index contributed by atoms with van der Waals surface area (Å²) in [5, 5.41) is 0.724. The number of aryl methyl sites for hydroxylation is 1. The largest absolute Gasteiger partial charge is 0.328 e. The van der Waals surface area contributed by atoms with Crippen molar-refractivity contribution in [2.75, 3.05) is 0 Å². The third-order valence-corrected chi connectivity index (χ3v) is 2.14. The van der Waals surface area contributed by atoms with Crippen molar-refractivity contribution in [2.45, 2.75) is 0 Å². The number of benzene rings is 1. The Labute approximate surface area is 79.5 Å². The molecule has 14 heavy (non-hydrogen) atoms. The zero-order valence-corrected chi connectivity index (χ0v) is 7.49. The normalized spacial score (nSPS) is 10.1. The van der Waals surface area contributed by atoms with Crippen molar-refractivity contribution in [1.29, 1.82) is 0 Å². The van der Waals surface area contributed by atoms with Gasteiger partial charge in [0.1, 0.15) is 11.6 Å². The van der Waals surface area contributed by atoms with Gasteiger partial charge in [-0.15, -0.1) is 4.99 Å². The number of rotatable bonds is 1. The molecule has 1 heterocycles. The summed E-state index contributed by atoms with van der Waals surface area (Å²) in [6.07, 6.45) is 1.46. The topological polar surface area (TPSA) is 34.4 Å². The molecule has 0 aliphatic rings. The van der Waals surface area contributed by atoms with Gasteiger partial charge in [0.05, 0.1) is 0 Å². The van der Waals surface area contributed by atoms with E-state index in [0.29, 0.717) is 5.82 Å². The number of aromatic nitrogens is 1. The Balaban J connectivity index is 2.79. The summed E-state index contributed by atoms with van der Waals surface area (Å²) < 4.78 is 14.6. The highest BCUT2D eigenvalue weighted by Crippen LogP contribution is 2.24. The molecule has 0 N–H and O–H groups in total. The molecule has 0 saturated carbocycles. The van der Waals surface area contributed by atoms with Crippen LogP contribution in [0.3, 0.4) is 0 Å². The molecule has 2 rings (SSSR count). The van der Waals surface area contributed by atoms with Gasteiger partial charge in [0.15, 0.2) is 0 Å². The van der Waals surface area contributed by atoms with Crippen molar-refractivity contribution in [3.05, 3.63) is 30.1 Å². The summed E-state index contributed by atoms with van der Waals surface area (Å²) in [5.41, 5.74) is 0.834. The van der Waals surface area contributed by atoms with Crippen LogP contribution in [0.4, 0.5) is 10.2 Å². The van der Waals surface area contributed by atoms with Crippen molar-refractivity contribution in [3.63, 3.8) is 0 Å². The van der Waals surface area contributed by atoms with Gasteiger partial charge < -0.3 is 4.57 Å². The van der Waals surface area contributed by atoms with Crippen LogP contribution < -0.4 is 0 Å². The highest BCUT2D eigenvalue weighted by molar-refractivity contribution is 5.84. The molecule has 0 saturated heterocycles. The molecule has 0 aliphatic heterocycles. The highest BCUT2D eigenvalue weighted by atomic mass is 19.1. The lowest BCUT2D eigenvalue weighted by molar-refractivity contribution is 0.565. The maximum Gasteiger partial charge on any atom is 0.242 e. The highest BCUT2D eigenvalue weighted by Gasteiger charge is 2.04. The van der Waals surface area contributed by atoms with Gasteiger partial charge in [0.2, 0.25) is 6.08 Å². The Bertz CT molecular complexity index is 538. The predicted molar refractivity (Wildman–Crippen MR) is 50.7 cm³/mol. The van der Waals surface area contributed by atoms with Gasteiger partial charge in [-0.05, 0) is 24.3 Å². The third-order valence-electron chi connectivity index (χ3n) is 2.14. The Morgan fingerprint density at radius 3 is 2.93 bits per heavy atom. The van der Waals surface area contributed by atoms with Gasteiger partial charge in [-0.1, -0.05) is 0 Å². The van der Waals surface area contributed by atoms with Crippen LogP contribution in [-0.4, -0.2) is 10.6 Å². The molecule has 0 spiro atoms. The van der Waals surface area contributed by atoms with E-state index in [9.17, 15) is 9.18 Å². The van der Waals surface area contributed by atoms with E-state index >= 15 is 0 Å². The predicted octanol–water partition coefficient (Wildman–Crippen LogP) is 2.28. The monoisotopic (exact) mass is 190 g/mol. The van der Waals surface area contributed by atoms with Crippen LogP contribution in [0.1, 0.15) is 0 Å². The summed E-state index contributed by atoms with van der Waals surface area (Å²) >= 11 is 0. The number of halogens is 1. The average Bonchev–Trinajstić information content (AvgIpc) is 2.44. The molecule has 1 aromatic carbocycles. The molecule has 1 aromatic heterocycles. The molecule has 0 unspecified atom stereocenters. The molecule has 4 heteroatoms. The number of isocyanates is 1. The van der Waals surface area contributed by atoms with E-state index in [-0.39, 0.29) is 5.82 Å². The van der Waals surface area contributed by atoms with E-state index in [1.807, 2.05) is 0 Å². The summed E-state index contributed by atoms with van der Waals surface area (Å²) in [4.78, 5) is 13.6. The molecular weight excluding hydrogens is 183 g/mol. The van der Waals surface area contributed by atoms with E-state index in [2.05, 4.69) is 4.99 Å². The van der Waals surface area contributed by atoms with Gasteiger partial charge in [-0.25, -0.2) is 9.18 Å². The second-order valence-corrected chi connectivity index (χ2v) is 2.97. The number of carbonyl (C=O) groups excluding carboxylic acids is 1. The van der Waals surface area contributed by atoms with E-state index < -0.39 is 0 Å². The number of hydrogen-bond acceptors (Lipinski definition) is 2. The Hall–Kier alpha value is -1.93. The first-order valence-electron chi connectivity index (χ1n) is 4.05. The summed E-state index contributed by atoms with van der Waals surface area (Å²) in [5.74, 6) is 0.172. The van der Waals surface area contributed by atoms with Gasteiger partial charge >= 0.3 is 0 Å². The molecule has 0 radical (unpaired) electrons. The van der Waals surface area contributed by atoms with Crippen molar-refractivity contribution < 1.29 is 9.18 Å². The summed E-state index contributed by atoms with van der Waals surface area (Å²) in [6.45, 7) is 0. The van der Waals surface area contributed by atoms with Crippen molar-refractivity contribution in [3.8, 4) is 0 Å². The van der Waals surface area contributed by atoms with Gasteiger partial charge in [-0.3, -0.25) is 0 Å². The van der Waals surface area contributed by atoms with E-state index in [1.54, 1.807) is 23.7 Å². The van der Waals surface area contributed by atoms with Crippen LogP contribution in [0.25, 0.3) is 10.9 Å². The molecule has 0 atom stereocenters. The van der Waals surface area contributed by atoms with Crippen molar-refractivity contribution in [2.24, 2.45) is 12.0 Å². The Morgan fingerprint density at radius 2 is 2.21 bits per heavy atom. The first-order chi connectivity index (χ1) is 6.72. The molecular formula is C10H7FN2O. The fourth-order valence-corrected chi connectivity index (χ4v) is 1.46. The average molecular weight is 190 g/mol. The summed E-state index contributed by atoms with van der Waals surface area (Å²) in [7, 11) is 1.76. The fraction of sp³-hybridized carbons (Fsp3) is 0.100. The minimum atomic E-state index is -0.301. The van der Waals surface area contributed by atoms with Crippen molar-refractivity contribution in [1.82, 2.24) is 4.57 Å². The lowest BCUT2D eigenvalue weighted by atomic mass is 10.2. The second kappa shape index (κ2) is 3.09. The number of fused-ring (bicyclic) bond motifs is 1. The number of nitrogens with zero attached hydrogens (tertiary/aromatic N) is 2. The maximum atomic E-state index is 12.8. The first kappa shape index (κ1) is 8.66. The Kier molecular flexibility index (Phi) is 1.91. The first-order valence-corrected chi connectivity index (χ1v) is 4.05. The minimum Gasteiger partial charge on any atom is -0.328 e. The van der Waals surface area contributed by atoms with E-state index in [0.717, 1.165) is 10.9 Å². The lowest BCUT2D eigenvalue weighted by Crippen LogP contribution is -1.85. The van der Waals surface area contributed by atoms with Crippen LogP contribution >= 0.6 is 0 Å². The van der Waals surface area contributed by atoms with Gasteiger partial charge in [-0.2, -0.15) is 0 Å². The lowest BCUT2D eigenvalue weighted by Gasteiger charge is -1.96. The minimum absolute atomic E-state index is 0.301. The molecule has 0 aliphatic carbocycles. The number of aliphatic imine (C=N–C) groups is 1. The van der Waals surface area contributed by atoms with Crippen molar-refractivity contribution >= 4 is 22.8 Å². The van der Waals surface area contributed by atoms with Crippen LogP contribution in [0, 0.1) is 5.82 Å². The standard InChI is InChI=1S/C10H7FN2O/c1-13-9-3-2-8(11)4-7(9)5-10(13)12-6-14/h2-5H,1H3. The van der Waals surface area contributed by atoms with Gasteiger partial charge in [0.25, 0.3) is 0 Å². The zero-order chi connectivity index (χ0) is 10.1. The second-order valence-electron chi connectivity index (χ2n) is 2.97. The maximum absolute atomic E-state index is 12.8. The van der Waals surface area contributed by atoms with Crippen LogP contribution in [-0.2, 0) is 11.8 Å². The summed E-state index contributed by atoms with van der Waals surface area (Å²) in [6, 6.07) is 6.06. The van der Waals surface area contributed by atoms with Crippen LogP contribution in [0.2, 0.25) is 0 Å². The quantitative estimate of drug-likeness (QED) is 0.501. The molecule has 3 nitrogen and oxygen atoms in total. The fourth-order valence-electron chi connectivity index (χ4n) is 1.46. The zero-order valence-electron chi connectivity index (χ0n) is 7.49. The van der Waals surface area contributed by atoms with E-state index in [1.165, 1.54) is 18.2 Å². The third kappa shape index (κ3) is 1.22. The van der Waals surface area contributed by atoms with Gasteiger partial charge in [0, 0.05) is 18.0 Å². The smallest absolute Gasteiger partial charge is 0.242 e. The SMILES string of the molecule is Cn1c(N=C=O)cc2cc(F)ccc21. The molecule has 2 aromatic rings. The Morgan fingerprint density at radius 1 is 1.43 bits per heavy atom. The molecule has 0 amide bonds. The van der Waals surface area contributed by atoms with E-state index in [4.69, 9.17) is 0 Å². The molecule has 70 valence electrons. The molecule has 0 fully saturated rings.